The molecule has 130 valence electrons. The largest absolute Gasteiger partial charge is 0.497 e. The van der Waals surface area contributed by atoms with E-state index in [2.05, 4.69) is 41.3 Å². The van der Waals surface area contributed by atoms with E-state index in [1.165, 1.54) is 22.4 Å². The quantitative estimate of drug-likeness (QED) is 0.856. The van der Waals surface area contributed by atoms with E-state index in [0.717, 1.165) is 25.1 Å². The normalized spacial score (nSPS) is 21.0. The van der Waals surface area contributed by atoms with Gasteiger partial charge in [0.1, 0.15) is 5.75 Å². The summed E-state index contributed by atoms with van der Waals surface area (Å²) in [4.78, 5) is 16.5. The maximum atomic E-state index is 12.1. The third kappa shape index (κ3) is 2.56. The van der Waals surface area contributed by atoms with Crippen LogP contribution in [0.25, 0.3) is 0 Å². The van der Waals surface area contributed by atoms with Crippen LogP contribution in [-0.4, -0.2) is 31.5 Å². The topological polar surface area (TPSA) is 32.8 Å². The van der Waals surface area contributed by atoms with Gasteiger partial charge in [0.2, 0.25) is 5.91 Å². The van der Waals surface area contributed by atoms with Gasteiger partial charge >= 0.3 is 0 Å². The van der Waals surface area contributed by atoms with Crippen LogP contribution in [0.5, 0.6) is 5.75 Å². The van der Waals surface area contributed by atoms with E-state index in [-0.39, 0.29) is 18.0 Å². The fraction of sp³-hybridized carbons (Fsp3) is 0.381. The highest BCUT2D eigenvalue weighted by Crippen LogP contribution is 2.50. The lowest BCUT2D eigenvalue weighted by atomic mass is 9.86. The van der Waals surface area contributed by atoms with Crippen LogP contribution in [0, 0.1) is 0 Å². The molecule has 2 aliphatic heterocycles. The number of amides is 1. The molecule has 4 rings (SSSR count). The minimum absolute atomic E-state index is 0.109. The van der Waals surface area contributed by atoms with E-state index < -0.39 is 0 Å². The monoisotopic (exact) mass is 336 g/mol. The van der Waals surface area contributed by atoms with Crippen molar-refractivity contribution in [2.45, 2.75) is 31.8 Å². The van der Waals surface area contributed by atoms with E-state index in [0.29, 0.717) is 0 Å². The van der Waals surface area contributed by atoms with Crippen molar-refractivity contribution in [1.29, 1.82) is 0 Å². The summed E-state index contributed by atoms with van der Waals surface area (Å²) in [5.74, 6) is 0.991. The van der Waals surface area contributed by atoms with Gasteiger partial charge in [0.25, 0.3) is 0 Å². The molecular weight excluding hydrogens is 312 g/mol. The highest BCUT2D eigenvalue weighted by molar-refractivity contribution is 5.75. The van der Waals surface area contributed by atoms with Gasteiger partial charge in [-0.15, -0.1) is 0 Å². The molecule has 0 fully saturated rings. The molecule has 0 bridgehead atoms. The van der Waals surface area contributed by atoms with Crippen LogP contribution in [0.15, 0.2) is 42.5 Å². The number of benzene rings is 2. The van der Waals surface area contributed by atoms with E-state index in [1.54, 1.807) is 14.0 Å². The molecule has 0 aliphatic carbocycles. The average Bonchev–Trinajstić information content (AvgIpc) is 3.07. The number of methoxy groups -OCH3 is 1. The predicted octanol–water partition coefficient (Wildman–Crippen LogP) is 3.72. The summed E-state index contributed by atoms with van der Waals surface area (Å²) < 4.78 is 5.43. The van der Waals surface area contributed by atoms with Gasteiger partial charge in [0.15, 0.2) is 0 Å². The Labute approximate surface area is 149 Å². The average molecular weight is 336 g/mol. The number of nitrogens with zero attached hydrogens (tertiary/aromatic N) is 2. The van der Waals surface area contributed by atoms with Gasteiger partial charge < -0.3 is 14.5 Å². The molecule has 2 aliphatic rings. The van der Waals surface area contributed by atoms with E-state index in [9.17, 15) is 4.79 Å². The Morgan fingerprint density at radius 2 is 2.04 bits per heavy atom. The van der Waals surface area contributed by atoms with Crippen molar-refractivity contribution in [2.24, 2.45) is 0 Å². The van der Waals surface area contributed by atoms with Crippen LogP contribution >= 0.6 is 0 Å². The number of hydrogen-bond acceptors (Lipinski definition) is 3. The highest BCUT2D eigenvalue weighted by Gasteiger charge is 2.39. The third-order valence-electron chi connectivity index (χ3n) is 5.68. The summed E-state index contributed by atoms with van der Waals surface area (Å²) in [5.41, 5.74) is 5.27. The van der Waals surface area contributed by atoms with Gasteiger partial charge in [-0.25, -0.2) is 0 Å². The molecule has 2 unspecified atom stereocenters. The first-order chi connectivity index (χ1) is 12.1. The minimum Gasteiger partial charge on any atom is -0.497 e. The molecule has 0 saturated heterocycles. The van der Waals surface area contributed by atoms with Crippen molar-refractivity contribution in [2.75, 3.05) is 25.6 Å². The predicted molar refractivity (Wildman–Crippen MR) is 99.0 cm³/mol. The zero-order chi connectivity index (χ0) is 17.6. The van der Waals surface area contributed by atoms with Crippen molar-refractivity contribution >= 4 is 11.6 Å². The first kappa shape index (κ1) is 16.0. The Morgan fingerprint density at radius 1 is 1.24 bits per heavy atom. The third-order valence-corrected chi connectivity index (χ3v) is 5.68. The van der Waals surface area contributed by atoms with Crippen molar-refractivity contribution in [1.82, 2.24) is 4.90 Å². The summed E-state index contributed by atoms with van der Waals surface area (Å²) in [6.07, 6.45) is 1.97. The standard InChI is InChI=1S/C21H24N2O2/c1-14(24)22(2)20-13-19(16-7-4-8-17(12-16)25-3)23-11-10-15-6-5-9-18(20)21(15)23/h4-9,12,19-20H,10-11,13H2,1-3H3. The number of anilines is 1. The second-order valence-electron chi connectivity index (χ2n) is 6.97. The van der Waals surface area contributed by atoms with Gasteiger partial charge in [0, 0.05) is 26.2 Å². The molecule has 2 heterocycles. The van der Waals surface area contributed by atoms with Gasteiger partial charge in [-0.05, 0) is 41.7 Å². The van der Waals surface area contributed by atoms with E-state index >= 15 is 0 Å². The molecule has 4 nitrogen and oxygen atoms in total. The molecule has 1 amide bonds. The second kappa shape index (κ2) is 6.10. The summed E-state index contributed by atoms with van der Waals surface area (Å²) >= 11 is 0. The molecule has 2 aromatic rings. The zero-order valence-corrected chi connectivity index (χ0v) is 15.0. The van der Waals surface area contributed by atoms with Crippen LogP contribution in [0.3, 0.4) is 0 Å². The van der Waals surface area contributed by atoms with Crippen LogP contribution in [0.1, 0.15) is 42.1 Å². The van der Waals surface area contributed by atoms with Crippen molar-refractivity contribution < 1.29 is 9.53 Å². The Balaban J connectivity index is 1.82. The maximum absolute atomic E-state index is 12.1. The number of para-hydroxylation sites is 1. The first-order valence-corrected chi connectivity index (χ1v) is 8.86. The van der Waals surface area contributed by atoms with Gasteiger partial charge in [0.05, 0.1) is 19.2 Å². The fourth-order valence-corrected chi connectivity index (χ4v) is 4.31. The molecule has 2 aromatic carbocycles. The Kier molecular flexibility index (Phi) is 3.91. The van der Waals surface area contributed by atoms with E-state index in [4.69, 9.17) is 4.74 Å². The van der Waals surface area contributed by atoms with Crippen LogP contribution < -0.4 is 9.64 Å². The molecule has 0 aromatic heterocycles. The van der Waals surface area contributed by atoms with Gasteiger partial charge in [-0.3, -0.25) is 4.79 Å². The minimum atomic E-state index is 0.109. The number of ether oxygens (including phenoxy) is 1. The Bertz CT molecular complexity index is 817. The van der Waals surface area contributed by atoms with Gasteiger partial charge in [-0.2, -0.15) is 0 Å². The maximum Gasteiger partial charge on any atom is 0.219 e. The molecule has 0 spiro atoms. The zero-order valence-electron chi connectivity index (χ0n) is 15.0. The lowest BCUT2D eigenvalue weighted by molar-refractivity contribution is -0.130. The van der Waals surface area contributed by atoms with E-state index in [1.807, 2.05) is 18.0 Å². The summed E-state index contributed by atoms with van der Waals surface area (Å²) in [7, 11) is 3.62. The number of carbonyl (C=O) groups excluding carboxylic acids is 1. The van der Waals surface area contributed by atoms with Crippen molar-refractivity contribution in [3.05, 3.63) is 59.2 Å². The molecule has 2 atom stereocenters. The Morgan fingerprint density at radius 3 is 2.80 bits per heavy atom. The van der Waals surface area contributed by atoms with Gasteiger partial charge in [-0.1, -0.05) is 30.3 Å². The Hall–Kier alpha value is -2.49. The number of rotatable bonds is 3. The molecular formula is C21H24N2O2. The van der Waals surface area contributed by atoms with Crippen LogP contribution in [-0.2, 0) is 11.2 Å². The lowest BCUT2D eigenvalue weighted by Gasteiger charge is -2.43. The highest BCUT2D eigenvalue weighted by atomic mass is 16.5. The van der Waals surface area contributed by atoms with Crippen molar-refractivity contribution in [3.63, 3.8) is 0 Å². The molecule has 0 N–H and O–H groups in total. The first-order valence-electron chi connectivity index (χ1n) is 8.86. The smallest absolute Gasteiger partial charge is 0.219 e. The summed E-state index contributed by atoms with van der Waals surface area (Å²) in [6.45, 7) is 2.68. The molecule has 0 radical (unpaired) electrons. The van der Waals surface area contributed by atoms with Crippen LogP contribution in [0.2, 0.25) is 0 Å². The SMILES string of the molecule is COc1cccc(C2CC(N(C)C(C)=O)c3cccc4c3N2CC4)c1. The van der Waals surface area contributed by atoms with Crippen LogP contribution in [0.4, 0.5) is 5.69 Å². The fourth-order valence-electron chi connectivity index (χ4n) is 4.31. The van der Waals surface area contributed by atoms with Crippen molar-refractivity contribution in [3.8, 4) is 5.75 Å². The molecule has 4 heteroatoms. The molecule has 25 heavy (non-hydrogen) atoms. The number of hydrogen-bond donors (Lipinski definition) is 0. The number of carbonyl (C=O) groups is 1. The summed E-state index contributed by atoms with van der Waals surface area (Å²) in [6, 6.07) is 15.2. The molecule has 0 saturated carbocycles. The second-order valence-corrected chi connectivity index (χ2v) is 6.97. The summed E-state index contributed by atoms with van der Waals surface area (Å²) in [5, 5.41) is 0. The lowest BCUT2D eigenvalue weighted by Crippen LogP contribution is -2.39.